The first-order chi connectivity index (χ1) is 9.91. The van der Waals surface area contributed by atoms with Crippen LogP contribution in [-0.2, 0) is 9.53 Å². The Morgan fingerprint density at radius 2 is 2.00 bits per heavy atom. The van der Waals surface area contributed by atoms with Gasteiger partial charge in [-0.1, -0.05) is 6.42 Å². The molecule has 1 aliphatic heterocycles. The number of nitrogens with two attached hydrogens (primary N) is 1. The van der Waals surface area contributed by atoms with Crippen LogP contribution in [0, 0.1) is 0 Å². The molecule has 5 atom stereocenters. The number of unbranched alkanes of at least 4 members (excludes halogenated alkanes) is 1. The summed E-state index contributed by atoms with van der Waals surface area (Å²) in [5, 5.41) is 50.0. The van der Waals surface area contributed by atoms with E-state index in [-0.39, 0.29) is 6.42 Å². The van der Waals surface area contributed by atoms with Crippen LogP contribution in [0.3, 0.4) is 0 Å². The summed E-state index contributed by atoms with van der Waals surface area (Å²) in [5.74, 6) is -1.17. The molecule has 0 aromatic carbocycles. The van der Waals surface area contributed by atoms with Crippen molar-refractivity contribution in [2.24, 2.45) is 5.73 Å². The number of nitrogens with one attached hydrogen (secondary N) is 1. The summed E-state index contributed by atoms with van der Waals surface area (Å²) in [6, 6.07) is -1.08. The molecule has 9 heteroatoms. The second-order valence-electron chi connectivity index (χ2n) is 5.14. The molecule has 0 aliphatic carbocycles. The Morgan fingerprint density at radius 3 is 2.43 bits per heavy atom. The lowest BCUT2D eigenvalue weighted by atomic mass is 10.0. The van der Waals surface area contributed by atoms with Crippen LogP contribution in [0.5, 0.6) is 0 Å². The molecule has 5 unspecified atom stereocenters. The molecular formula is C12H24N2O7. The van der Waals surface area contributed by atoms with Crippen molar-refractivity contribution >= 4 is 5.97 Å². The summed E-state index contributed by atoms with van der Waals surface area (Å²) in [7, 11) is 0. The van der Waals surface area contributed by atoms with E-state index in [0.29, 0.717) is 19.4 Å². The van der Waals surface area contributed by atoms with E-state index in [9.17, 15) is 25.2 Å². The normalized spacial score (nSPS) is 34.0. The van der Waals surface area contributed by atoms with E-state index in [2.05, 4.69) is 5.32 Å². The van der Waals surface area contributed by atoms with Gasteiger partial charge in [-0.2, -0.15) is 0 Å². The Hall–Kier alpha value is -0.810. The highest BCUT2D eigenvalue weighted by Gasteiger charge is 2.54. The first-order valence-corrected chi connectivity index (χ1v) is 6.88. The lowest BCUT2D eigenvalue weighted by molar-refractivity contribution is -0.158. The summed E-state index contributed by atoms with van der Waals surface area (Å²) in [4.78, 5) is 11.3. The van der Waals surface area contributed by atoms with Crippen molar-refractivity contribution in [3.8, 4) is 0 Å². The third-order valence-corrected chi connectivity index (χ3v) is 3.62. The largest absolute Gasteiger partial charge is 0.480 e. The number of ether oxygens (including phenoxy) is 1. The number of carboxylic acids is 1. The monoisotopic (exact) mass is 308 g/mol. The van der Waals surface area contributed by atoms with Gasteiger partial charge in [-0.3, -0.25) is 10.1 Å². The fourth-order valence-electron chi connectivity index (χ4n) is 2.37. The minimum atomic E-state index is -1.82. The highest BCUT2D eigenvalue weighted by molar-refractivity contribution is 5.73. The molecule has 0 radical (unpaired) electrons. The second-order valence-corrected chi connectivity index (χ2v) is 5.14. The summed E-state index contributed by atoms with van der Waals surface area (Å²) < 4.78 is 5.26. The van der Waals surface area contributed by atoms with E-state index in [1.807, 2.05) is 0 Å². The number of carboxylic acid groups (broad SMARTS) is 1. The Bertz CT molecular complexity index is 344. The van der Waals surface area contributed by atoms with Crippen molar-refractivity contribution in [2.75, 3.05) is 19.8 Å². The number of hydrogen-bond acceptors (Lipinski definition) is 8. The zero-order chi connectivity index (χ0) is 16.0. The molecule has 0 spiro atoms. The smallest absolute Gasteiger partial charge is 0.320 e. The third kappa shape index (κ3) is 4.10. The zero-order valence-corrected chi connectivity index (χ0v) is 11.7. The number of aliphatic hydroxyl groups is 4. The summed E-state index contributed by atoms with van der Waals surface area (Å²) >= 11 is 0. The van der Waals surface area contributed by atoms with Gasteiger partial charge in [0, 0.05) is 0 Å². The van der Waals surface area contributed by atoms with Crippen molar-refractivity contribution < 1.29 is 35.1 Å². The lowest BCUT2D eigenvalue weighted by Gasteiger charge is -2.34. The van der Waals surface area contributed by atoms with Crippen molar-refractivity contribution in [1.82, 2.24) is 5.32 Å². The minimum absolute atomic E-state index is 0.226. The summed E-state index contributed by atoms with van der Waals surface area (Å²) in [6.45, 7) is -0.878. The van der Waals surface area contributed by atoms with E-state index < -0.39 is 49.3 Å². The lowest BCUT2D eigenvalue weighted by Crippen LogP contribution is -2.62. The Labute approximate surface area is 122 Å². The van der Waals surface area contributed by atoms with Gasteiger partial charge < -0.3 is 36.0 Å². The van der Waals surface area contributed by atoms with E-state index in [0.717, 1.165) is 0 Å². The maximum Gasteiger partial charge on any atom is 0.320 e. The van der Waals surface area contributed by atoms with Crippen LogP contribution >= 0.6 is 0 Å². The first-order valence-electron chi connectivity index (χ1n) is 6.88. The highest BCUT2D eigenvalue weighted by atomic mass is 16.6. The van der Waals surface area contributed by atoms with Gasteiger partial charge in [0.25, 0.3) is 0 Å². The molecule has 0 bridgehead atoms. The quantitative estimate of drug-likeness (QED) is 0.219. The average molecular weight is 308 g/mol. The van der Waals surface area contributed by atoms with Crippen LogP contribution in [0.15, 0.2) is 0 Å². The number of rotatable bonds is 9. The Balaban J connectivity index is 2.80. The van der Waals surface area contributed by atoms with Gasteiger partial charge in [0.2, 0.25) is 0 Å². The van der Waals surface area contributed by atoms with E-state index in [4.69, 9.17) is 15.6 Å². The molecule has 0 saturated carbocycles. The SMILES string of the molecule is NCCCCC(NC1(CO)OC(CO)C(O)C1O)C(=O)O. The molecule has 1 fully saturated rings. The number of hydrogen-bond donors (Lipinski definition) is 7. The van der Waals surface area contributed by atoms with Crippen LogP contribution in [0.25, 0.3) is 0 Å². The van der Waals surface area contributed by atoms with Crippen molar-refractivity contribution in [1.29, 1.82) is 0 Å². The van der Waals surface area contributed by atoms with Crippen molar-refractivity contribution in [3.05, 3.63) is 0 Å². The number of aliphatic hydroxyl groups excluding tert-OH is 4. The first kappa shape index (κ1) is 18.2. The number of carbonyl (C=O) groups is 1. The topological polar surface area (TPSA) is 166 Å². The van der Waals surface area contributed by atoms with Gasteiger partial charge in [0.15, 0.2) is 5.72 Å². The second kappa shape index (κ2) is 7.99. The molecule has 21 heavy (non-hydrogen) atoms. The maximum atomic E-state index is 11.3. The van der Waals surface area contributed by atoms with Gasteiger partial charge in [-0.15, -0.1) is 0 Å². The van der Waals surface area contributed by atoms with E-state index in [1.165, 1.54) is 0 Å². The van der Waals surface area contributed by atoms with Crippen molar-refractivity contribution in [3.63, 3.8) is 0 Å². The average Bonchev–Trinajstić information content (AvgIpc) is 2.71. The standard InChI is InChI=1S/C12H24N2O7/c13-4-2-1-3-7(11(19)20)14-12(6-16)10(18)9(17)8(5-15)21-12/h7-10,14-18H,1-6,13H2,(H,19,20). The van der Waals surface area contributed by atoms with Crippen LogP contribution in [0.1, 0.15) is 19.3 Å². The van der Waals surface area contributed by atoms with Crippen LogP contribution in [0.2, 0.25) is 0 Å². The molecule has 8 N–H and O–H groups in total. The zero-order valence-electron chi connectivity index (χ0n) is 11.7. The molecule has 1 rings (SSSR count). The third-order valence-electron chi connectivity index (χ3n) is 3.62. The minimum Gasteiger partial charge on any atom is -0.480 e. The van der Waals surface area contributed by atoms with Gasteiger partial charge >= 0.3 is 5.97 Å². The number of aliphatic carboxylic acids is 1. The fourth-order valence-corrected chi connectivity index (χ4v) is 2.37. The summed E-state index contributed by atoms with van der Waals surface area (Å²) in [6.07, 6.45) is -2.67. The molecule has 0 aromatic rings. The Morgan fingerprint density at radius 1 is 1.33 bits per heavy atom. The summed E-state index contributed by atoms with van der Waals surface area (Å²) in [5.41, 5.74) is 3.53. The fraction of sp³-hybridized carbons (Fsp3) is 0.917. The van der Waals surface area contributed by atoms with Crippen molar-refractivity contribution in [2.45, 2.75) is 49.3 Å². The van der Waals surface area contributed by atoms with Crippen LogP contribution < -0.4 is 11.1 Å². The highest BCUT2D eigenvalue weighted by Crippen LogP contribution is 2.29. The van der Waals surface area contributed by atoms with E-state index in [1.54, 1.807) is 0 Å². The van der Waals surface area contributed by atoms with Gasteiger partial charge in [0.05, 0.1) is 13.2 Å². The van der Waals surface area contributed by atoms with E-state index >= 15 is 0 Å². The van der Waals surface area contributed by atoms with Crippen LogP contribution in [0.4, 0.5) is 0 Å². The predicted octanol–water partition coefficient (Wildman–Crippen LogP) is -3.04. The molecular weight excluding hydrogens is 284 g/mol. The molecule has 1 saturated heterocycles. The van der Waals surface area contributed by atoms with Gasteiger partial charge in [-0.25, -0.2) is 0 Å². The maximum absolute atomic E-state index is 11.3. The molecule has 0 aromatic heterocycles. The van der Waals surface area contributed by atoms with Gasteiger partial charge in [0.1, 0.15) is 24.4 Å². The molecule has 1 aliphatic rings. The van der Waals surface area contributed by atoms with Crippen LogP contribution in [-0.4, -0.2) is 81.3 Å². The van der Waals surface area contributed by atoms with Gasteiger partial charge in [-0.05, 0) is 19.4 Å². The molecule has 124 valence electrons. The Kier molecular flexibility index (Phi) is 6.94. The molecule has 0 amide bonds. The molecule has 1 heterocycles. The molecule has 9 nitrogen and oxygen atoms in total. The predicted molar refractivity (Wildman–Crippen MR) is 71.3 cm³/mol.